The van der Waals surface area contributed by atoms with Gasteiger partial charge >= 0.3 is 0 Å². The zero-order valence-electron chi connectivity index (χ0n) is 16.3. The van der Waals surface area contributed by atoms with Crippen LogP contribution >= 0.6 is 0 Å². The minimum atomic E-state index is -3.49. The van der Waals surface area contributed by atoms with Crippen molar-refractivity contribution in [1.82, 2.24) is 9.62 Å². The van der Waals surface area contributed by atoms with Gasteiger partial charge in [-0.25, -0.2) is 13.1 Å². The maximum atomic E-state index is 12.8. The van der Waals surface area contributed by atoms with E-state index in [1.54, 1.807) is 24.1 Å². The summed E-state index contributed by atoms with van der Waals surface area (Å²) < 4.78 is 32.0. The fraction of sp³-hybridized carbons (Fsp3) is 0.190. The van der Waals surface area contributed by atoms with E-state index < -0.39 is 16.2 Å². The van der Waals surface area contributed by atoms with E-state index in [1.165, 1.54) is 19.2 Å². The fourth-order valence-corrected chi connectivity index (χ4v) is 4.17. The third kappa shape index (κ3) is 3.30. The maximum absolute atomic E-state index is 12.8. The SMILES string of the molecule is CNS(=O)(=O)c1ccc(-c2ccc(C3Nc4cccc(C)c4C(=O)N3C)o2)cc1. The summed E-state index contributed by atoms with van der Waals surface area (Å²) in [4.78, 5) is 14.6. The molecule has 0 aliphatic carbocycles. The lowest BCUT2D eigenvalue weighted by molar-refractivity contribution is 0.0718. The lowest BCUT2D eigenvalue weighted by Crippen LogP contribution is -2.40. The zero-order chi connectivity index (χ0) is 20.8. The van der Waals surface area contributed by atoms with Gasteiger partial charge in [0.15, 0.2) is 6.17 Å². The van der Waals surface area contributed by atoms with Gasteiger partial charge in [-0.2, -0.15) is 0 Å². The summed E-state index contributed by atoms with van der Waals surface area (Å²) >= 11 is 0. The number of hydrogen-bond acceptors (Lipinski definition) is 5. The molecule has 1 atom stereocenters. The monoisotopic (exact) mass is 411 g/mol. The molecule has 2 aromatic carbocycles. The number of hydrogen-bond donors (Lipinski definition) is 2. The molecule has 0 bridgehead atoms. The topological polar surface area (TPSA) is 91.7 Å². The number of furan rings is 1. The summed E-state index contributed by atoms with van der Waals surface area (Å²) in [6, 6.07) is 15.8. The minimum Gasteiger partial charge on any atom is -0.457 e. The van der Waals surface area contributed by atoms with E-state index in [0.29, 0.717) is 17.1 Å². The summed E-state index contributed by atoms with van der Waals surface area (Å²) in [5, 5.41) is 3.36. The highest BCUT2D eigenvalue weighted by Gasteiger charge is 2.33. The van der Waals surface area contributed by atoms with Crippen LogP contribution in [0.3, 0.4) is 0 Å². The van der Waals surface area contributed by atoms with Crippen LogP contribution in [0.4, 0.5) is 5.69 Å². The molecular formula is C21H21N3O4S. The van der Waals surface area contributed by atoms with Crippen molar-refractivity contribution in [3.63, 3.8) is 0 Å². The first-order valence-electron chi connectivity index (χ1n) is 9.09. The van der Waals surface area contributed by atoms with Crippen LogP contribution < -0.4 is 10.0 Å². The second-order valence-corrected chi connectivity index (χ2v) is 8.78. The molecule has 3 aromatic rings. The molecule has 0 spiro atoms. The van der Waals surface area contributed by atoms with E-state index in [1.807, 2.05) is 37.3 Å². The molecule has 0 fully saturated rings. The number of benzene rings is 2. The molecule has 2 N–H and O–H groups in total. The molecule has 1 unspecified atom stereocenters. The minimum absolute atomic E-state index is 0.0681. The van der Waals surface area contributed by atoms with Crippen molar-refractivity contribution >= 4 is 21.6 Å². The van der Waals surface area contributed by atoms with Gasteiger partial charge in [0.05, 0.1) is 10.5 Å². The number of nitrogens with zero attached hydrogens (tertiary/aromatic N) is 1. The number of carbonyl (C=O) groups excluding carboxylic acids is 1. The Kier molecular flexibility index (Phi) is 4.68. The van der Waals surface area contributed by atoms with Crippen LogP contribution in [0.2, 0.25) is 0 Å². The van der Waals surface area contributed by atoms with Crippen molar-refractivity contribution in [3.05, 3.63) is 71.5 Å². The van der Waals surface area contributed by atoms with E-state index in [2.05, 4.69) is 10.0 Å². The van der Waals surface area contributed by atoms with Crippen LogP contribution in [-0.4, -0.2) is 33.3 Å². The number of rotatable bonds is 4. The highest BCUT2D eigenvalue weighted by molar-refractivity contribution is 7.89. The van der Waals surface area contributed by atoms with Gasteiger partial charge in [-0.05, 0) is 62.0 Å². The number of sulfonamides is 1. The number of amides is 1. The van der Waals surface area contributed by atoms with Crippen LogP contribution in [0.1, 0.15) is 27.8 Å². The number of carbonyl (C=O) groups is 1. The summed E-state index contributed by atoms with van der Waals surface area (Å²) in [6.45, 7) is 1.91. The lowest BCUT2D eigenvalue weighted by atomic mass is 10.0. The van der Waals surface area contributed by atoms with Gasteiger partial charge < -0.3 is 14.6 Å². The summed E-state index contributed by atoms with van der Waals surface area (Å²) in [5.74, 6) is 1.11. The summed E-state index contributed by atoms with van der Waals surface area (Å²) in [7, 11) is -0.386. The molecular weight excluding hydrogens is 390 g/mol. The second kappa shape index (κ2) is 7.06. The molecule has 0 saturated heterocycles. The molecule has 1 aliphatic heterocycles. The number of nitrogens with one attached hydrogen (secondary N) is 2. The van der Waals surface area contributed by atoms with Crippen LogP contribution in [0.25, 0.3) is 11.3 Å². The molecule has 8 heteroatoms. The average Bonchev–Trinajstić information content (AvgIpc) is 3.20. The largest absolute Gasteiger partial charge is 0.457 e. The first-order chi connectivity index (χ1) is 13.8. The highest BCUT2D eigenvalue weighted by atomic mass is 32.2. The Bertz CT molecular complexity index is 1180. The molecule has 1 aromatic heterocycles. The van der Waals surface area contributed by atoms with Crippen molar-refractivity contribution in [2.24, 2.45) is 0 Å². The van der Waals surface area contributed by atoms with E-state index in [9.17, 15) is 13.2 Å². The molecule has 150 valence electrons. The van der Waals surface area contributed by atoms with Crippen LogP contribution in [0, 0.1) is 6.92 Å². The molecule has 2 heterocycles. The van der Waals surface area contributed by atoms with E-state index in [-0.39, 0.29) is 10.8 Å². The Labute approximate surface area is 169 Å². The van der Waals surface area contributed by atoms with Crippen LogP contribution in [0.5, 0.6) is 0 Å². The van der Waals surface area contributed by atoms with Gasteiger partial charge in [0.2, 0.25) is 10.0 Å². The Morgan fingerprint density at radius 1 is 1.07 bits per heavy atom. The standard InChI is InChI=1S/C21H21N3O4S/c1-13-5-4-6-16-19(13)21(25)24(3)20(23-16)18-12-11-17(28-18)14-7-9-15(10-8-14)29(26,27)22-2/h4-12,20,22-23H,1-3H3. The van der Waals surface area contributed by atoms with Crippen molar-refractivity contribution in [2.45, 2.75) is 18.0 Å². The number of fused-ring (bicyclic) bond motifs is 1. The highest BCUT2D eigenvalue weighted by Crippen LogP contribution is 2.35. The predicted octanol–water partition coefficient (Wildman–Crippen LogP) is 3.36. The van der Waals surface area contributed by atoms with Crippen LogP contribution in [0.15, 0.2) is 63.9 Å². The van der Waals surface area contributed by atoms with Crippen molar-refractivity contribution in [2.75, 3.05) is 19.4 Å². The molecule has 0 saturated carbocycles. The van der Waals surface area contributed by atoms with Gasteiger partial charge in [-0.3, -0.25) is 4.79 Å². The summed E-state index contributed by atoms with van der Waals surface area (Å²) in [6.07, 6.45) is -0.436. The maximum Gasteiger partial charge on any atom is 0.257 e. The van der Waals surface area contributed by atoms with E-state index in [0.717, 1.165) is 16.8 Å². The normalized spacial score (nSPS) is 16.4. The number of aryl methyl sites for hydroxylation is 1. The third-order valence-electron chi connectivity index (χ3n) is 5.10. The Morgan fingerprint density at radius 2 is 1.79 bits per heavy atom. The van der Waals surface area contributed by atoms with Gasteiger partial charge in [0.1, 0.15) is 11.5 Å². The zero-order valence-corrected chi connectivity index (χ0v) is 17.1. The molecule has 1 aliphatic rings. The average molecular weight is 411 g/mol. The lowest BCUT2D eigenvalue weighted by Gasteiger charge is -2.34. The van der Waals surface area contributed by atoms with Gasteiger partial charge in [-0.15, -0.1) is 0 Å². The van der Waals surface area contributed by atoms with Crippen LogP contribution in [-0.2, 0) is 10.0 Å². The first-order valence-corrected chi connectivity index (χ1v) is 10.6. The van der Waals surface area contributed by atoms with Crippen molar-refractivity contribution in [1.29, 1.82) is 0 Å². The van der Waals surface area contributed by atoms with Crippen molar-refractivity contribution < 1.29 is 17.6 Å². The van der Waals surface area contributed by atoms with E-state index in [4.69, 9.17) is 4.42 Å². The third-order valence-corrected chi connectivity index (χ3v) is 6.53. The molecule has 1 amide bonds. The quantitative estimate of drug-likeness (QED) is 0.687. The number of anilines is 1. The Hall–Kier alpha value is -3.10. The molecule has 7 nitrogen and oxygen atoms in total. The predicted molar refractivity (Wildman–Crippen MR) is 110 cm³/mol. The Morgan fingerprint density at radius 3 is 2.48 bits per heavy atom. The first kappa shape index (κ1) is 19.2. The molecule has 29 heavy (non-hydrogen) atoms. The van der Waals surface area contributed by atoms with Gasteiger partial charge in [0, 0.05) is 18.3 Å². The van der Waals surface area contributed by atoms with Gasteiger partial charge in [0.25, 0.3) is 5.91 Å². The fourth-order valence-electron chi connectivity index (χ4n) is 3.44. The van der Waals surface area contributed by atoms with Crippen molar-refractivity contribution in [3.8, 4) is 11.3 Å². The summed E-state index contributed by atoms with van der Waals surface area (Å²) in [5.41, 5.74) is 3.10. The van der Waals surface area contributed by atoms with E-state index >= 15 is 0 Å². The molecule has 0 radical (unpaired) electrons. The second-order valence-electron chi connectivity index (χ2n) is 6.89. The van der Waals surface area contributed by atoms with Gasteiger partial charge in [-0.1, -0.05) is 12.1 Å². The smallest absolute Gasteiger partial charge is 0.257 e. The molecule has 4 rings (SSSR count). The Balaban J connectivity index is 1.64.